The maximum atomic E-state index is 12.1. The van der Waals surface area contributed by atoms with E-state index in [9.17, 15) is 4.79 Å². The number of ether oxygens (including phenoxy) is 4. The monoisotopic (exact) mass is 463 g/mol. The third kappa shape index (κ3) is 5.52. The van der Waals surface area contributed by atoms with E-state index in [0.717, 1.165) is 5.56 Å². The van der Waals surface area contributed by atoms with Gasteiger partial charge in [0.2, 0.25) is 5.88 Å². The summed E-state index contributed by atoms with van der Waals surface area (Å²) >= 11 is 0. The third-order valence-corrected chi connectivity index (χ3v) is 4.75. The number of fused-ring (bicyclic) bond motifs is 1. The number of carbonyl (C=O) groups excluding carboxylic acids is 1. The first kappa shape index (κ1) is 22.8. The number of methoxy groups -OCH3 is 1. The highest BCUT2D eigenvalue weighted by atomic mass is 16.5. The van der Waals surface area contributed by atoms with E-state index in [1.54, 1.807) is 35.9 Å². The van der Waals surface area contributed by atoms with Crippen molar-refractivity contribution in [3.8, 4) is 34.5 Å². The van der Waals surface area contributed by atoms with Gasteiger partial charge >= 0.3 is 0 Å². The molecule has 1 N–H and O–H groups in total. The Morgan fingerprint density at radius 2 is 1.79 bits per heavy atom. The molecule has 2 aromatic carbocycles. The lowest BCUT2D eigenvalue weighted by molar-refractivity contribution is -0.123. The largest absolute Gasteiger partial charge is 0.497 e. The number of hydrogen-bond acceptors (Lipinski definition) is 8. The zero-order chi connectivity index (χ0) is 23.8. The molecule has 10 heteroatoms. The van der Waals surface area contributed by atoms with Gasteiger partial charge in [-0.25, -0.2) is 0 Å². The van der Waals surface area contributed by atoms with Gasteiger partial charge in [0.15, 0.2) is 29.6 Å². The lowest BCUT2D eigenvalue weighted by Gasteiger charge is -2.11. The summed E-state index contributed by atoms with van der Waals surface area (Å²) in [6.07, 6.45) is 0. The Hall–Kier alpha value is -4.34. The number of rotatable bonds is 11. The van der Waals surface area contributed by atoms with Gasteiger partial charge in [0, 0.05) is 11.6 Å². The zero-order valence-electron chi connectivity index (χ0n) is 18.9. The third-order valence-electron chi connectivity index (χ3n) is 4.75. The van der Waals surface area contributed by atoms with Gasteiger partial charge < -0.3 is 24.3 Å². The summed E-state index contributed by atoms with van der Waals surface area (Å²) in [7, 11) is 1.61. The van der Waals surface area contributed by atoms with Gasteiger partial charge in [-0.2, -0.15) is 4.52 Å². The first-order chi connectivity index (χ1) is 16.7. The zero-order valence-corrected chi connectivity index (χ0v) is 18.9. The summed E-state index contributed by atoms with van der Waals surface area (Å²) in [6.45, 7) is 2.80. The average Bonchev–Trinajstić information content (AvgIpc) is 3.30. The van der Waals surface area contributed by atoms with Gasteiger partial charge in [-0.1, -0.05) is 24.3 Å². The minimum atomic E-state index is -0.266. The van der Waals surface area contributed by atoms with Crippen LogP contribution in [0.3, 0.4) is 0 Å². The highest BCUT2D eigenvalue weighted by Gasteiger charge is 2.12. The summed E-state index contributed by atoms with van der Waals surface area (Å²) in [6, 6.07) is 18.2. The van der Waals surface area contributed by atoms with Crippen LogP contribution in [0.1, 0.15) is 6.92 Å². The molecule has 1 amide bonds. The molecule has 0 atom stereocenters. The molecule has 176 valence electrons. The Balaban J connectivity index is 1.30. The molecule has 0 saturated carbocycles. The summed E-state index contributed by atoms with van der Waals surface area (Å²) in [4.78, 5) is 12.1. The fourth-order valence-electron chi connectivity index (χ4n) is 3.18. The van der Waals surface area contributed by atoms with Crippen LogP contribution in [0.2, 0.25) is 0 Å². The maximum Gasteiger partial charge on any atom is 0.258 e. The second-order valence-corrected chi connectivity index (χ2v) is 7.06. The van der Waals surface area contributed by atoms with Crippen molar-refractivity contribution in [1.82, 2.24) is 25.1 Å². The summed E-state index contributed by atoms with van der Waals surface area (Å²) in [5.74, 6) is 2.52. The maximum absolute atomic E-state index is 12.1. The highest BCUT2D eigenvalue weighted by molar-refractivity contribution is 5.77. The van der Waals surface area contributed by atoms with Crippen LogP contribution in [0.4, 0.5) is 0 Å². The second-order valence-electron chi connectivity index (χ2n) is 7.06. The van der Waals surface area contributed by atoms with E-state index in [-0.39, 0.29) is 19.1 Å². The van der Waals surface area contributed by atoms with Crippen molar-refractivity contribution in [1.29, 1.82) is 0 Å². The first-order valence-corrected chi connectivity index (χ1v) is 10.8. The number of carbonyl (C=O) groups is 1. The van der Waals surface area contributed by atoms with Crippen molar-refractivity contribution in [3.63, 3.8) is 0 Å². The van der Waals surface area contributed by atoms with Crippen LogP contribution >= 0.6 is 0 Å². The predicted octanol–water partition coefficient (Wildman–Crippen LogP) is 2.77. The molecule has 0 aliphatic heterocycles. The molecule has 10 nitrogen and oxygen atoms in total. The van der Waals surface area contributed by atoms with Crippen LogP contribution in [-0.2, 0) is 4.79 Å². The SMILES string of the molecule is CCOc1ccccc1OCC(=O)NCCOc1ccc2nnc(-c3cccc(OC)c3)n2n1. The summed E-state index contributed by atoms with van der Waals surface area (Å²) in [5.41, 5.74) is 1.40. The number of nitrogens with zero attached hydrogens (tertiary/aromatic N) is 4. The fourth-order valence-corrected chi connectivity index (χ4v) is 3.18. The number of benzene rings is 2. The smallest absolute Gasteiger partial charge is 0.258 e. The number of nitrogens with one attached hydrogen (secondary N) is 1. The second kappa shape index (κ2) is 11.0. The Bertz CT molecular complexity index is 1260. The Labute approximate surface area is 196 Å². The molecule has 0 aliphatic carbocycles. The molecule has 0 saturated heterocycles. The van der Waals surface area contributed by atoms with Crippen molar-refractivity contribution in [3.05, 3.63) is 60.7 Å². The lowest BCUT2D eigenvalue weighted by atomic mass is 10.2. The molecule has 0 bridgehead atoms. The van der Waals surface area contributed by atoms with Crippen molar-refractivity contribution in [2.45, 2.75) is 6.92 Å². The van der Waals surface area contributed by atoms with Crippen molar-refractivity contribution >= 4 is 11.6 Å². The normalized spacial score (nSPS) is 10.6. The molecule has 2 heterocycles. The molecule has 0 unspecified atom stereocenters. The minimum absolute atomic E-state index is 0.126. The van der Waals surface area contributed by atoms with Crippen LogP contribution < -0.4 is 24.3 Å². The molecule has 0 spiro atoms. The minimum Gasteiger partial charge on any atom is -0.497 e. The van der Waals surface area contributed by atoms with Gasteiger partial charge in [0.25, 0.3) is 5.91 Å². The van der Waals surface area contributed by atoms with E-state index < -0.39 is 0 Å². The molecule has 0 radical (unpaired) electrons. The number of aromatic nitrogens is 4. The van der Waals surface area contributed by atoms with E-state index in [1.807, 2.05) is 43.3 Å². The van der Waals surface area contributed by atoms with E-state index in [4.69, 9.17) is 18.9 Å². The molecule has 4 rings (SSSR count). The number of hydrogen-bond donors (Lipinski definition) is 1. The van der Waals surface area contributed by atoms with E-state index in [1.165, 1.54) is 0 Å². The topological polar surface area (TPSA) is 109 Å². The Kier molecular flexibility index (Phi) is 7.39. The predicted molar refractivity (Wildman–Crippen MR) is 124 cm³/mol. The molecule has 2 aromatic heterocycles. The van der Waals surface area contributed by atoms with Crippen LogP contribution in [0, 0.1) is 0 Å². The number of amides is 1. The Morgan fingerprint density at radius 3 is 2.59 bits per heavy atom. The molecule has 0 fully saturated rings. The fraction of sp³-hybridized carbons (Fsp3) is 0.250. The van der Waals surface area contributed by atoms with Gasteiger partial charge in [-0.3, -0.25) is 4.79 Å². The van der Waals surface area contributed by atoms with Gasteiger partial charge in [-0.05, 0) is 37.3 Å². The van der Waals surface area contributed by atoms with Gasteiger partial charge in [-0.15, -0.1) is 15.3 Å². The first-order valence-electron chi connectivity index (χ1n) is 10.8. The molecule has 4 aromatic rings. The van der Waals surface area contributed by atoms with E-state index in [0.29, 0.717) is 47.8 Å². The molecule has 0 aliphatic rings. The molecular formula is C24H25N5O5. The summed E-state index contributed by atoms with van der Waals surface area (Å²) < 4.78 is 23.6. The van der Waals surface area contributed by atoms with E-state index in [2.05, 4.69) is 20.6 Å². The quantitative estimate of drug-likeness (QED) is 0.338. The van der Waals surface area contributed by atoms with Gasteiger partial charge in [0.1, 0.15) is 12.4 Å². The Morgan fingerprint density at radius 1 is 0.971 bits per heavy atom. The van der Waals surface area contributed by atoms with E-state index >= 15 is 0 Å². The lowest BCUT2D eigenvalue weighted by Crippen LogP contribution is -2.32. The number of para-hydroxylation sites is 2. The molecular weight excluding hydrogens is 438 g/mol. The van der Waals surface area contributed by atoms with Crippen LogP contribution in [0.5, 0.6) is 23.1 Å². The van der Waals surface area contributed by atoms with Crippen molar-refractivity contribution in [2.24, 2.45) is 0 Å². The summed E-state index contributed by atoms with van der Waals surface area (Å²) in [5, 5.41) is 15.6. The molecule has 34 heavy (non-hydrogen) atoms. The van der Waals surface area contributed by atoms with Crippen LogP contribution in [-0.4, -0.2) is 59.2 Å². The standard InChI is InChI=1S/C24H25N5O5/c1-3-32-19-9-4-5-10-20(19)34-16-22(30)25-13-14-33-23-12-11-21-26-27-24(29(21)28-23)17-7-6-8-18(15-17)31-2/h4-12,15H,3,13-14,16H2,1-2H3,(H,25,30). The van der Waals surface area contributed by atoms with Gasteiger partial charge in [0.05, 0.1) is 20.3 Å². The van der Waals surface area contributed by atoms with Crippen LogP contribution in [0.15, 0.2) is 60.7 Å². The van der Waals surface area contributed by atoms with Crippen molar-refractivity contribution < 1.29 is 23.7 Å². The van der Waals surface area contributed by atoms with Crippen molar-refractivity contribution in [2.75, 3.05) is 33.5 Å². The average molecular weight is 463 g/mol. The highest BCUT2D eigenvalue weighted by Crippen LogP contribution is 2.26. The van der Waals surface area contributed by atoms with Crippen LogP contribution in [0.25, 0.3) is 17.0 Å².